The number of carbonyl (C=O) groups is 1. The number of nitrogens with two attached hydrogens (primary N) is 1. The Hall–Kier alpha value is -3.61. The van der Waals surface area contributed by atoms with Gasteiger partial charge in [-0.05, 0) is 36.8 Å². The van der Waals surface area contributed by atoms with Crippen LogP contribution in [0.4, 0.5) is 28.7 Å². The number of aromatic nitrogens is 2. The van der Waals surface area contributed by atoms with Crippen molar-refractivity contribution < 1.29 is 9.53 Å². The van der Waals surface area contributed by atoms with Crippen molar-refractivity contribution in [2.24, 2.45) is 0 Å². The Labute approximate surface area is 157 Å². The number of nitrogens with one attached hydrogen (secondary N) is 1. The summed E-state index contributed by atoms with van der Waals surface area (Å²) in [4.78, 5) is 22.4. The lowest BCUT2D eigenvalue weighted by Gasteiger charge is -2.23. The summed E-state index contributed by atoms with van der Waals surface area (Å²) < 4.78 is 4.87. The van der Waals surface area contributed by atoms with Crippen molar-refractivity contribution in [2.45, 2.75) is 6.92 Å². The number of rotatable bonds is 5. The van der Waals surface area contributed by atoms with Crippen molar-refractivity contribution in [1.29, 1.82) is 0 Å². The van der Waals surface area contributed by atoms with Gasteiger partial charge in [-0.2, -0.15) is 0 Å². The SMILES string of the molecule is COC(=O)c1ccccc1N(C)c1ncnc(Nc2cccc(C)c2)c1N. The van der Waals surface area contributed by atoms with Gasteiger partial charge in [-0.25, -0.2) is 14.8 Å². The zero-order chi connectivity index (χ0) is 19.4. The van der Waals surface area contributed by atoms with E-state index >= 15 is 0 Å². The number of nitrogen functional groups attached to an aromatic ring is 1. The molecule has 138 valence electrons. The fourth-order valence-electron chi connectivity index (χ4n) is 2.78. The normalized spacial score (nSPS) is 10.3. The number of benzene rings is 2. The van der Waals surface area contributed by atoms with Crippen molar-refractivity contribution >= 4 is 34.7 Å². The number of esters is 1. The quantitative estimate of drug-likeness (QED) is 0.668. The predicted octanol–water partition coefficient (Wildman–Crippen LogP) is 3.67. The van der Waals surface area contributed by atoms with Gasteiger partial charge in [0.2, 0.25) is 0 Å². The minimum absolute atomic E-state index is 0.376. The molecule has 27 heavy (non-hydrogen) atoms. The summed E-state index contributed by atoms with van der Waals surface area (Å²) in [6, 6.07) is 15.0. The molecule has 1 heterocycles. The largest absolute Gasteiger partial charge is 0.465 e. The minimum Gasteiger partial charge on any atom is -0.465 e. The van der Waals surface area contributed by atoms with Crippen molar-refractivity contribution in [2.75, 3.05) is 30.1 Å². The highest BCUT2D eigenvalue weighted by Crippen LogP contribution is 2.33. The number of ether oxygens (including phenoxy) is 1. The van der Waals surface area contributed by atoms with E-state index in [-0.39, 0.29) is 0 Å². The van der Waals surface area contributed by atoms with E-state index in [4.69, 9.17) is 10.5 Å². The van der Waals surface area contributed by atoms with Crippen molar-refractivity contribution in [3.63, 3.8) is 0 Å². The first-order valence-electron chi connectivity index (χ1n) is 8.36. The molecule has 0 amide bonds. The van der Waals surface area contributed by atoms with Crippen LogP contribution in [-0.2, 0) is 4.74 Å². The van der Waals surface area contributed by atoms with Crippen LogP contribution in [0.25, 0.3) is 0 Å². The standard InChI is InChI=1S/C20H21N5O2/c1-13-7-6-8-14(11-13)24-18-17(21)19(23-12-22-18)25(2)16-10-5-4-9-15(16)20(26)27-3/h4-12H,21H2,1-3H3,(H,22,23,24). The highest BCUT2D eigenvalue weighted by atomic mass is 16.5. The lowest BCUT2D eigenvalue weighted by molar-refractivity contribution is 0.0601. The number of aryl methyl sites for hydroxylation is 1. The fraction of sp³-hybridized carbons (Fsp3) is 0.150. The summed E-state index contributed by atoms with van der Waals surface area (Å²) in [5.74, 6) is 0.549. The van der Waals surface area contributed by atoms with Crippen LogP contribution < -0.4 is 16.0 Å². The summed E-state index contributed by atoms with van der Waals surface area (Å²) >= 11 is 0. The van der Waals surface area contributed by atoms with E-state index in [9.17, 15) is 4.79 Å². The first kappa shape index (κ1) is 18.2. The molecule has 0 bridgehead atoms. The van der Waals surface area contributed by atoms with E-state index in [1.165, 1.54) is 13.4 Å². The smallest absolute Gasteiger partial charge is 0.339 e. The minimum atomic E-state index is -0.428. The number of carbonyl (C=O) groups excluding carboxylic acids is 1. The Morgan fingerprint density at radius 3 is 2.67 bits per heavy atom. The van der Waals surface area contributed by atoms with Crippen LogP contribution in [-0.4, -0.2) is 30.1 Å². The molecule has 3 rings (SSSR count). The molecular weight excluding hydrogens is 342 g/mol. The molecule has 0 saturated carbocycles. The van der Waals surface area contributed by atoms with Crippen LogP contribution in [0.5, 0.6) is 0 Å². The van der Waals surface area contributed by atoms with Crippen LogP contribution in [0.2, 0.25) is 0 Å². The molecule has 3 aromatic rings. The predicted molar refractivity (Wildman–Crippen MR) is 107 cm³/mol. The number of hydrogen-bond donors (Lipinski definition) is 2. The van der Waals surface area contributed by atoms with Gasteiger partial charge in [-0.1, -0.05) is 24.3 Å². The molecule has 0 aliphatic heterocycles. The van der Waals surface area contributed by atoms with Gasteiger partial charge in [0.05, 0.1) is 18.4 Å². The molecule has 0 radical (unpaired) electrons. The zero-order valence-electron chi connectivity index (χ0n) is 15.4. The van der Waals surface area contributed by atoms with Crippen LogP contribution in [0.15, 0.2) is 54.9 Å². The zero-order valence-corrected chi connectivity index (χ0v) is 15.4. The molecule has 0 aliphatic carbocycles. The molecule has 2 aromatic carbocycles. The molecule has 0 fully saturated rings. The summed E-state index contributed by atoms with van der Waals surface area (Å²) in [7, 11) is 3.14. The van der Waals surface area contributed by atoms with Crippen LogP contribution >= 0.6 is 0 Å². The molecule has 0 saturated heterocycles. The molecular formula is C20H21N5O2. The van der Waals surface area contributed by atoms with Gasteiger partial charge in [0, 0.05) is 12.7 Å². The average Bonchev–Trinajstić information content (AvgIpc) is 2.68. The Bertz CT molecular complexity index is 974. The monoisotopic (exact) mass is 363 g/mol. The third-order valence-corrected chi connectivity index (χ3v) is 4.13. The van der Waals surface area contributed by atoms with E-state index in [0.29, 0.717) is 28.6 Å². The van der Waals surface area contributed by atoms with Crippen molar-refractivity contribution in [3.8, 4) is 0 Å². The molecule has 0 unspecified atom stereocenters. The topological polar surface area (TPSA) is 93.4 Å². The molecule has 0 aliphatic rings. The van der Waals surface area contributed by atoms with E-state index in [1.54, 1.807) is 24.1 Å². The summed E-state index contributed by atoms with van der Waals surface area (Å²) in [5, 5.41) is 3.21. The Balaban J connectivity index is 1.97. The van der Waals surface area contributed by atoms with Crippen LogP contribution in [0, 0.1) is 6.92 Å². The molecule has 1 aromatic heterocycles. The summed E-state index contributed by atoms with van der Waals surface area (Å²) in [6.45, 7) is 2.01. The lowest BCUT2D eigenvalue weighted by Crippen LogP contribution is -2.18. The third kappa shape index (κ3) is 3.82. The fourth-order valence-corrected chi connectivity index (χ4v) is 2.78. The first-order valence-corrected chi connectivity index (χ1v) is 8.36. The van der Waals surface area contributed by atoms with Crippen LogP contribution in [0.3, 0.4) is 0 Å². The molecule has 0 atom stereocenters. The maximum Gasteiger partial charge on any atom is 0.339 e. The van der Waals surface area contributed by atoms with Gasteiger partial charge in [0.1, 0.15) is 12.0 Å². The van der Waals surface area contributed by atoms with Gasteiger partial charge in [-0.3, -0.25) is 0 Å². The number of hydrogen-bond acceptors (Lipinski definition) is 7. The number of nitrogens with zero attached hydrogens (tertiary/aromatic N) is 3. The second kappa shape index (κ2) is 7.74. The van der Waals surface area contributed by atoms with Crippen molar-refractivity contribution in [1.82, 2.24) is 9.97 Å². The van der Waals surface area contributed by atoms with E-state index < -0.39 is 5.97 Å². The highest BCUT2D eigenvalue weighted by molar-refractivity contribution is 5.97. The molecule has 7 heteroatoms. The summed E-state index contributed by atoms with van der Waals surface area (Å²) in [6.07, 6.45) is 1.43. The second-order valence-corrected chi connectivity index (χ2v) is 6.02. The maximum atomic E-state index is 12.1. The van der Waals surface area contributed by atoms with Gasteiger partial charge in [0.25, 0.3) is 0 Å². The van der Waals surface area contributed by atoms with Crippen LogP contribution in [0.1, 0.15) is 15.9 Å². The van der Waals surface area contributed by atoms with Gasteiger partial charge in [-0.15, -0.1) is 0 Å². The molecule has 7 nitrogen and oxygen atoms in total. The van der Waals surface area contributed by atoms with E-state index in [0.717, 1.165) is 11.3 Å². The van der Waals surface area contributed by atoms with E-state index in [1.807, 2.05) is 43.3 Å². The van der Waals surface area contributed by atoms with Gasteiger partial charge in [0.15, 0.2) is 11.6 Å². The lowest BCUT2D eigenvalue weighted by atomic mass is 10.1. The maximum absolute atomic E-state index is 12.1. The van der Waals surface area contributed by atoms with Crippen molar-refractivity contribution in [3.05, 3.63) is 66.0 Å². The number of anilines is 5. The highest BCUT2D eigenvalue weighted by Gasteiger charge is 2.19. The summed E-state index contributed by atoms with van der Waals surface area (Å²) in [5.41, 5.74) is 9.76. The third-order valence-electron chi connectivity index (χ3n) is 4.13. The van der Waals surface area contributed by atoms with Gasteiger partial charge >= 0.3 is 5.97 Å². The second-order valence-electron chi connectivity index (χ2n) is 6.02. The first-order chi connectivity index (χ1) is 13.0. The molecule has 0 spiro atoms. The van der Waals surface area contributed by atoms with E-state index in [2.05, 4.69) is 15.3 Å². The Morgan fingerprint density at radius 1 is 1.15 bits per heavy atom. The number of methoxy groups -OCH3 is 1. The Kier molecular flexibility index (Phi) is 5.21. The average molecular weight is 363 g/mol. The number of para-hydroxylation sites is 1. The molecule has 3 N–H and O–H groups in total. The van der Waals surface area contributed by atoms with Gasteiger partial charge < -0.3 is 20.7 Å². The Morgan fingerprint density at radius 2 is 1.93 bits per heavy atom.